The van der Waals surface area contributed by atoms with Crippen LogP contribution in [0, 0.1) is 6.92 Å². The third-order valence-corrected chi connectivity index (χ3v) is 5.07. The van der Waals surface area contributed by atoms with Crippen molar-refractivity contribution in [3.05, 3.63) is 76.2 Å². The molecule has 0 spiro atoms. The highest BCUT2D eigenvalue weighted by molar-refractivity contribution is 7.18. The van der Waals surface area contributed by atoms with E-state index < -0.39 is 0 Å². The lowest BCUT2D eigenvalue weighted by Gasteiger charge is -1.99. The van der Waals surface area contributed by atoms with Crippen molar-refractivity contribution in [2.45, 2.75) is 6.92 Å². The van der Waals surface area contributed by atoms with Gasteiger partial charge in [0.05, 0.1) is 18.4 Å². The minimum Gasteiger partial charge on any atom is -0.497 e. The zero-order chi connectivity index (χ0) is 19.5. The molecule has 28 heavy (non-hydrogen) atoms. The molecule has 0 saturated heterocycles. The third-order valence-electron chi connectivity index (χ3n) is 4.19. The Morgan fingerprint density at radius 2 is 1.86 bits per heavy atom. The van der Waals surface area contributed by atoms with Crippen molar-refractivity contribution in [2.75, 3.05) is 7.11 Å². The van der Waals surface area contributed by atoms with Gasteiger partial charge in [-0.05, 0) is 43.3 Å². The van der Waals surface area contributed by atoms with Gasteiger partial charge in [0.1, 0.15) is 10.8 Å². The number of H-pyrrole nitrogens is 1. The maximum absolute atomic E-state index is 12.7. The van der Waals surface area contributed by atoms with E-state index in [9.17, 15) is 4.79 Å². The molecule has 0 amide bonds. The summed E-state index contributed by atoms with van der Waals surface area (Å²) in [7, 11) is 1.63. The van der Waals surface area contributed by atoms with Crippen LogP contribution < -0.4 is 10.3 Å². The SMILES string of the molecule is COc1ccc(-c2nnc(/N=C/c3c(C)[nH]n(-c4ccccc4)c3=O)s2)cc1. The molecule has 0 fully saturated rings. The minimum absolute atomic E-state index is 0.160. The maximum atomic E-state index is 12.7. The van der Waals surface area contributed by atoms with Gasteiger partial charge < -0.3 is 4.74 Å². The van der Waals surface area contributed by atoms with Crippen LogP contribution in [0.4, 0.5) is 5.13 Å². The lowest BCUT2D eigenvalue weighted by atomic mass is 10.2. The summed E-state index contributed by atoms with van der Waals surface area (Å²) in [6, 6.07) is 17.0. The molecule has 8 heteroatoms. The topological polar surface area (TPSA) is 85.2 Å². The molecular weight excluding hydrogens is 374 g/mol. The van der Waals surface area contributed by atoms with E-state index in [1.54, 1.807) is 7.11 Å². The maximum Gasteiger partial charge on any atom is 0.280 e. The first-order valence-electron chi connectivity index (χ1n) is 8.55. The van der Waals surface area contributed by atoms with Gasteiger partial charge in [-0.2, -0.15) is 0 Å². The molecule has 2 aromatic heterocycles. The molecule has 0 saturated carbocycles. The Morgan fingerprint density at radius 3 is 2.57 bits per heavy atom. The van der Waals surface area contributed by atoms with E-state index in [0.717, 1.165) is 27.7 Å². The number of aromatic amines is 1. The predicted octanol–water partition coefficient (Wildman–Crippen LogP) is 3.75. The number of para-hydroxylation sites is 1. The van der Waals surface area contributed by atoms with E-state index in [4.69, 9.17) is 4.74 Å². The molecule has 0 aliphatic heterocycles. The van der Waals surface area contributed by atoms with Crippen molar-refractivity contribution in [1.29, 1.82) is 0 Å². The van der Waals surface area contributed by atoms with Crippen LogP contribution in [-0.4, -0.2) is 33.3 Å². The van der Waals surface area contributed by atoms with Gasteiger partial charge in [-0.1, -0.05) is 29.5 Å². The van der Waals surface area contributed by atoms with Crippen LogP contribution in [-0.2, 0) is 0 Å². The van der Waals surface area contributed by atoms with Gasteiger partial charge in [0.25, 0.3) is 5.56 Å². The van der Waals surface area contributed by atoms with Crippen LogP contribution in [0.3, 0.4) is 0 Å². The van der Waals surface area contributed by atoms with Crippen molar-refractivity contribution in [1.82, 2.24) is 20.0 Å². The molecule has 0 aliphatic carbocycles. The summed E-state index contributed by atoms with van der Waals surface area (Å²) in [5.41, 5.74) is 2.77. The molecule has 4 aromatic rings. The third kappa shape index (κ3) is 3.49. The molecule has 4 rings (SSSR count). The number of ether oxygens (including phenoxy) is 1. The van der Waals surface area contributed by atoms with E-state index in [2.05, 4.69) is 20.3 Å². The van der Waals surface area contributed by atoms with E-state index in [0.29, 0.717) is 10.7 Å². The number of nitrogens with one attached hydrogen (secondary N) is 1. The average molecular weight is 391 g/mol. The summed E-state index contributed by atoms with van der Waals surface area (Å²) in [6.07, 6.45) is 1.53. The number of benzene rings is 2. The lowest BCUT2D eigenvalue weighted by molar-refractivity contribution is 0.415. The Balaban J connectivity index is 1.59. The van der Waals surface area contributed by atoms with Crippen molar-refractivity contribution in [2.24, 2.45) is 4.99 Å². The van der Waals surface area contributed by atoms with Crippen LogP contribution in [0.25, 0.3) is 16.3 Å². The summed E-state index contributed by atoms with van der Waals surface area (Å²) in [5, 5.41) is 12.6. The molecule has 0 aliphatic rings. The highest BCUT2D eigenvalue weighted by Crippen LogP contribution is 2.29. The normalized spacial score (nSPS) is 11.2. The van der Waals surface area contributed by atoms with E-state index in [-0.39, 0.29) is 5.56 Å². The molecule has 140 valence electrons. The molecule has 0 bridgehead atoms. The Hall–Kier alpha value is -3.52. The molecule has 1 N–H and O–H groups in total. The first-order chi connectivity index (χ1) is 13.7. The number of rotatable bonds is 5. The van der Waals surface area contributed by atoms with Crippen LogP contribution in [0.5, 0.6) is 5.75 Å². The molecule has 0 unspecified atom stereocenters. The van der Waals surface area contributed by atoms with Gasteiger partial charge in [0.15, 0.2) is 0 Å². The van der Waals surface area contributed by atoms with Gasteiger partial charge >= 0.3 is 0 Å². The van der Waals surface area contributed by atoms with Crippen LogP contribution in [0.2, 0.25) is 0 Å². The standard InChI is InChI=1S/C20H17N5O2S/c1-13-17(19(26)25(24-13)15-6-4-3-5-7-15)12-21-20-23-22-18(28-20)14-8-10-16(27-2)11-9-14/h3-12,24H,1-2H3/b21-12+. The second-order valence-electron chi connectivity index (χ2n) is 6.00. The quantitative estimate of drug-likeness (QED) is 0.525. The minimum atomic E-state index is -0.160. The molecular formula is C20H17N5O2S. The summed E-state index contributed by atoms with van der Waals surface area (Å²) >= 11 is 1.35. The fourth-order valence-corrected chi connectivity index (χ4v) is 3.40. The second-order valence-corrected chi connectivity index (χ2v) is 6.96. The summed E-state index contributed by atoms with van der Waals surface area (Å²) in [5.74, 6) is 0.782. The predicted molar refractivity (Wildman–Crippen MR) is 110 cm³/mol. The molecule has 7 nitrogen and oxygen atoms in total. The molecule has 2 aromatic carbocycles. The van der Waals surface area contributed by atoms with Crippen molar-refractivity contribution in [3.63, 3.8) is 0 Å². The average Bonchev–Trinajstić information content (AvgIpc) is 3.32. The van der Waals surface area contributed by atoms with Crippen LogP contribution >= 0.6 is 11.3 Å². The van der Waals surface area contributed by atoms with Crippen molar-refractivity contribution in [3.8, 4) is 22.0 Å². The molecule has 2 heterocycles. The molecule has 0 atom stereocenters. The number of hydrogen-bond donors (Lipinski definition) is 1. The number of aromatic nitrogens is 4. The Morgan fingerprint density at radius 1 is 1.11 bits per heavy atom. The van der Waals surface area contributed by atoms with Crippen molar-refractivity contribution < 1.29 is 4.74 Å². The summed E-state index contributed by atoms with van der Waals surface area (Å²) < 4.78 is 6.66. The summed E-state index contributed by atoms with van der Waals surface area (Å²) in [4.78, 5) is 17.0. The van der Waals surface area contributed by atoms with E-state index in [1.807, 2.05) is 61.5 Å². The van der Waals surface area contributed by atoms with E-state index >= 15 is 0 Å². The number of hydrogen-bond acceptors (Lipinski definition) is 6. The van der Waals surface area contributed by atoms with Crippen molar-refractivity contribution >= 4 is 22.7 Å². The Bertz CT molecular complexity index is 1170. The second kappa shape index (κ2) is 7.61. The van der Waals surface area contributed by atoms with Gasteiger partial charge in [-0.25, -0.2) is 9.67 Å². The van der Waals surface area contributed by atoms with Gasteiger partial charge in [-0.3, -0.25) is 9.89 Å². The Labute approximate surface area is 165 Å². The number of aryl methyl sites for hydroxylation is 1. The van der Waals surface area contributed by atoms with Crippen LogP contribution in [0.15, 0.2) is 64.4 Å². The lowest BCUT2D eigenvalue weighted by Crippen LogP contribution is -2.17. The fraction of sp³-hybridized carbons (Fsp3) is 0.100. The zero-order valence-electron chi connectivity index (χ0n) is 15.3. The molecule has 0 radical (unpaired) electrons. The largest absolute Gasteiger partial charge is 0.497 e. The monoisotopic (exact) mass is 391 g/mol. The van der Waals surface area contributed by atoms with Crippen LogP contribution in [0.1, 0.15) is 11.3 Å². The number of methoxy groups -OCH3 is 1. The van der Waals surface area contributed by atoms with E-state index in [1.165, 1.54) is 22.2 Å². The highest BCUT2D eigenvalue weighted by atomic mass is 32.1. The highest BCUT2D eigenvalue weighted by Gasteiger charge is 2.11. The first kappa shape index (κ1) is 17.9. The summed E-state index contributed by atoms with van der Waals surface area (Å²) in [6.45, 7) is 1.84. The fourth-order valence-electron chi connectivity index (χ4n) is 2.71. The zero-order valence-corrected chi connectivity index (χ0v) is 16.1. The smallest absolute Gasteiger partial charge is 0.280 e. The first-order valence-corrected chi connectivity index (χ1v) is 9.36. The number of nitrogens with zero attached hydrogens (tertiary/aromatic N) is 4. The van der Waals surface area contributed by atoms with Gasteiger partial charge in [0.2, 0.25) is 5.13 Å². The van der Waals surface area contributed by atoms with Gasteiger partial charge in [0, 0.05) is 17.5 Å². The van der Waals surface area contributed by atoms with Gasteiger partial charge in [-0.15, -0.1) is 10.2 Å². The Kier molecular flexibility index (Phi) is 4.86. The number of aliphatic imine (C=N–C) groups is 1.